The van der Waals surface area contributed by atoms with Crippen molar-refractivity contribution in [1.29, 1.82) is 0 Å². The molecule has 4 aliphatic rings. The number of hydrogen-bond acceptors (Lipinski definition) is 3. The van der Waals surface area contributed by atoms with Gasteiger partial charge in [-0.2, -0.15) is 5.10 Å². The van der Waals surface area contributed by atoms with Gasteiger partial charge in [0.25, 0.3) is 0 Å². The average Bonchev–Trinajstić information content (AvgIpc) is 2.58. The third-order valence-electron chi connectivity index (χ3n) is 6.84. The number of amides is 1. The van der Waals surface area contributed by atoms with Gasteiger partial charge in [-0.1, -0.05) is 20.8 Å². The molecule has 2 atom stereocenters. The molecule has 2 unspecified atom stereocenters. The van der Waals surface area contributed by atoms with E-state index in [0.717, 1.165) is 43.6 Å². The third kappa shape index (κ3) is 3.63. The van der Waals surface area contributed by atoms with E-state index in [-0.39, 0.29) is 11.3 Å². The molecule has 1 aromatic rings. The van der Waals surface area contributed by atoms with E-state index in [0.29, 0.717) is 16.7 Å². The molecule has 4 heteroatoms. The first-order chi connectivity index (χ1) is 12.8. The SMILES string of the molecule is CCCOc1ccc(/C=N/NC(=O)C23CC4CC(C)(CC(C)(C4)C2)C3)cc1. The summed E-state index contributed by atoms with van der Waals surface area (Å²) in [5.41, 5.74) is 4.30. The van der Waals surface area contributed by atoms with Crippen molar-refractivity contribution in [2.45, 2.75) is 65.7 Å². The van der Waals surface area contributed by atoms with Crippen LogP contribution in [0.5, 0.6) is 5.75 Å². The Balaban J connectivity index is 1.40. The molecule has 1 aromatic carbocycles. The Labute approximate surface area is 162 Å². The number of hydrazone groups is 1. The highest BCUT2D eigenvalue weighted by Crippen LogP contribution is 2.69. The summed E-state index contributed by atoms with van der Waals surface area (Å²) in [6, 6.07) is 7.82. The molecule has 4 fully saturated rings. The van der Waals surface area contributed by atoms with Gasteiger partial charge in [0.05, 0.1) is 18.2 Å². The van der Waals surface area contributed by atoms with E-state index in [1.807, 2.05) is 24.3 Å². The Bertz CT molecular complexity index is 721. The van der Waals surface area contributed by atoms with Gasteiger partial charge < -0.3 is 4.74 Å². The lowest BCUT2D eigenvalue weighted by Crippen LogP contribution is -2.59. The van der Waals surface area contributed by atoms with Gasteiger partial charge in [-0.3, -0.25) is 4.79 Å². The maximum atomic E-state index is 13.1. The lowest BCUT2D eigenvalue weighted by Gasteiger charge is -2.64. The molecular formula is C23H32N2O2. The summed E-state index contributed by atoms with van der Waals surface area (Å²) in [5, 5.41) is 4.27. The van der Waals surface area contributed by atoms with Crippen molar-refractivity contribution in [2.24, 2.45) is 27.3 Å². The molecule has 0 aliphatic heterocycles. The molecule has 0 radical (unpaired) electrons. The molecule has 4 saturated carbocycles. The lowest BCUT2D eigenvalue weighted by atomic mass is 9.40. The number of carbonyl (C=O) groups is 1. The molecule has 4 aliphatic carbocycles. The Morgan fingerprint density at radius 1 is 1.15 bits per heavy atom. The molecule has 0 heterocycles. The molecule has 0 saturated heterocycles. The highest BCUT2D eigenvalue weighted by Gasteiger charge is 2.62. The third-order valence-corrected chi connectivity index (χ3v) is 6.84. The fraction of sp³-hybridized carbons (Fsp3) is 0.652. The van der Waals surface area contributed by atoms with Gasteiger partial charge >= 0.3 is 0 Å². The van der Waals surface area contributed by atoms with Gasteiger partial charge in [0, 0.05) is 0 Å². The van der Waals surface area contributed by atoms with Crippen LogP contribution in [0.1, 0.15) is 71.3 Å². The van der Waals surface area contributed by atoms with E-state index in [4.69, 9.17) is 4.74 Å². The van der Waals surface area contributed by atoms with Crippen LogP contribution >= 0.6 is 0 Å². The van der Waals surface area contributed by atoms with Gasteiger partial charge in [-0.05, 0) is 91.5 Å². The summed E-state index contributed by atoms with van der Waals surface area (Å²) in [6.45, 7) is 7.60. The van der Waals surface area contributed by atoms with Crippen molar-refractivity contribution in [1.82, 2.24) is 5.43 Å². The van der Waals surface area contributed by atoms with E-state index in [1.54, 1.807) is 6.21 Å². The van der Waals surface area contributed by atoms with Crippen LogP contribution in [-0.4, -0.2) is 18.7 Å². The summed E-state index contributed by atoms with van der Waals surface area (Å²) in [7, 11) is 0. The quantitative estimate of drug-likeness (QED) is 0.572. The summed E-state index contributed by atoms with van der Waals surface area (Å²) in [6.07, 6.45) is 9.69. The van der Waals surface area contributed by atoms with Crippen molar-refractivity contribution in [3.8, 4) is 5.75 Å². The number of benzene rings is 1. The molecule has 5 rings (SSSR count). The minimum Gasteiger partial charge on any atom is -0.494 e. The lowest BCUT2D eigenvalue weighted by molar-refractivity contribution is -0.170. The number of nitrogens with one attached hydrogen (secondary N) is 1. The molecule has 0 aromatic heterocycles. The summed E-state index contributed by atoms with van der Waals surface area (Å²) in [4.78, 5) is 13.1. The molecule has 1 N–H and O–H groups in total. The van der Waals surface area contributed by atoms with Gasteiger partial charge in [0.15, 0.2) is 0 Å². The van der Waals surface area contributed by atoms with Crippen molar-refractivity contribution >= 4 is 12.1 Å². The number of ether oxygens (including phenoxy) is 1. The molecule has 4 bridgehead atoms. The largest absolute Gasteiger partial charge is 0.494 e. The predicted molar refractivity (Wildman–Crippen MR) is 108 cm³/mol. The fourth-order valence-electron chi connectivity index (χ4n) is 6.85. The summed E-state index contributed by atoms with van der Waals surface area (Å²) >= 11 is 0. The molecule has 1 amide bonds. The van der Waals surface area contributed by atoms with Crippen LogP contribution in [0.2, 0.25) is 0 Å². The maximum absolute atomic E-state index is 13.1. The summed E-state index contributed by atoms with van der Waals surface area (Å²) < 4.78 is 5.60. The van der Waals surface area contributed by atoms with Crippen LogP contribution in [0.3, 0.4) is 0 Å². The van der Waals surface area contributed by atoms with E-state index in [9.17, 15) is 4.79 Å². The normalized spacial score (nSPS) is 36.9. The first-order valence-corrected chi connectivity index (χ1v) is 10.4. The first-order valence-electron chi connectivity index (χ1n) is 10.4. The monoisotopic (exact) mass is 368 g/mol. The zero-order chi connectivity index (χ0) is 19.1. The van der Waals surface area contributed by atoms with E-state index >= 15 is 0 Å². The smallest absolute Gasteiger partial charge is 0.246 e. The molecule has 27 heavy (non-hydrogen) atoms. The fourth-order valence-corrected chi connectivity index (χ4v) is 6.85. The molecule has 0 spiro atoms. The van der Waals surface area contributed by atoms with Crippen molar-refractivity contribution in [3.05, 3.63) is 29.8 Å². The zero-order valence-electron chi connectivity index (χ0n) is 16.9. The number of carbonyl (C=O) groups excluding carboxylic acids is 1. The number of rotatable bonds is 6. The highest BCUT2D eigenvalue weighted by molar-refractivity contribution is 5.86. The Kier molecular flexibility index (Phi) is 4.56. The second-order valence-corrected chi connectivity index (χ2v) is 10.0. The topological polar surface area (TPSA) is 50.7 Å². The van der Waals surface area contributed by atoms with E-state index in [2.05, 4.69) is 31.3 Å². The zero-order valence-corrected chi connectivity index (χ0v) is 16.9. The molecular weight excluding hydrogens is 336 g/mol. The second-order valence-electron chi connectivity index (χ2n) is 10.0. The minimum atomic E-state index is -0.210. The van der Waals surface area contributed by atoms with Crippen LogP contribution in [0.25, 0.3) is 0 Å². The van der Waals surface area contributed by atoms with Gasteiger partial charge in [-0.15, -0.1) is 0 Å². The van der Waals surface area contributed by atoms with E-state index < -0.39 is 0 Å². The van der Waals surface area contributed by atoms with Gasteiger partial charge in [0.1, 0.15) is 5.75 Å². The Morgan fingerprint density at radius 2 is 1.81 bits per heavy atom. The minimum absolute atomic E-state index is 0.128. The molecule has 146 valence electrons. The van der Waals surface area contributed by atoms with Crippen molar-refractivity contribution < 1.29 is 9.53 Å². The number of nitrogens with zero attached hydrogens (tertiary/aromatic N) is 1. The van der Waals surface area contributed by atoms with Gasteiger partial charge in [-0.25, -0.2) is 5.43 Å². The average molecular weight is 369 g/mol. The predicted octanol–water partition coefficient (Wildman–Crippen LogP) is 4.92. The maximum Gasteiger partial charge on any atom is 0.246 e. The highest BCUT2D eigenvalue weighted by atomic mass is 16.5. The van der Waals surface area contributed by atoms with Crippen molar-refractivity contribution in [3.63, 3.8) is 0 Å². The summed E-state index contributed by atoms with van der Waals surface area (Å²) in [5.74, 6) is 1.71. The Hall–Kier alpha value is -1.84. The number of hydrogen-bond donors (Lipinski definition) is 1. The van der Waals surface area contributed by atoms with Crippen LogP contribution in [0, 0.1) is 22.2 Å². The molecule has 4 nitrogen and oxygen atoms in total. The second kappa shape index (κ2) is 6.65. The van der Waals surface area contributed by atoms with Crippen LogP contribution in [0.15, 0.2) is 29.4 Å². The van der Waals surface area contributed by atoms with Crippen LogP contribution in [0.4, 0.5) is 0 Å². The van der Waals surface area contributed by atoms with Crippen molar-refractivity contribution in [2.75, 3.05) is 6.61 Å². The standard InChI is InChI=1S/C23H32N2O2/c1-4-9-27-19-7-5-17(6-8-19)13-24-25-20(26)23-12-18-10-21(2,15-23)14-22(3,11-18)16-23/h5-8,13,18H,4,9-12,14-16H2,1-3H3,(H,25,26)/b24-13+. The van der Waals surface area contributed by atoms with Crippen LogP contribution < -0.4 is 10.2 Å². The Morgan fingerprint density at radius 3 is 2.41 bits per heavy atom. The first kappa shape index (κ1) is 18.5. The van der Waals surface area contributed by atoms with Crippen LogP contribution in [-0.2, 0) is 4.79 Å². The van der Waals surface area contributed by atoms with Gasteiger partial charge in [0.2, 0.25) is 5.91 Å². The van der Waals surface area contributed by atoms with E-state index in [1.165, 1.54) is 19.3 Å².